The number of carbonyl (C=O) groups is 4. The maximum atomic E-state index is 13.9. The van der Waals surface area contributed by atoms with Gasteiger partial charge in [-0.1, -0.05) is 6.07 Å². The number of nitrogens with zero attached hydrogens (tertiary/aromatic N) is 4. The normalized spacial score (nSPS) is 20.5. The van der Waals surface area contributed by atoms with Crippen molar-refractivity contribution in [2.24, 2.45) is 0 Å². The Labute approximate surface area is 232 Å². The number of carbonyl (C=O) groups excluding carboxylic acids is 4. The number of piperazine rings is 1. The molecule has 0 radical (unpaired) electrons. The fraction of sp³-hybridized carbons (Fsp3) is 0.448. The minimum Gasteiger partial charge on any atom is -0.497 e. The third kappa shape index (κ3) is 5.25. The van der Waals surface area contributed by atoms with Crippen LogP contribution in [0.3, 0.4) is 0 Å². The predicted octanol–water partition coefficient (Wildman–Crippen LogP) is 2.00. The standard InChI is InChI=1S/C29H33FN4O6/c1-20(35)31-14-16-33(17-15-31)28(38)25-19-40-29(34(25)27(37)21-6-8-23(30)9-7-21)10-12-32(13-11-29)26(36)22-4-3-5-24(18-22)39-2/h3-9,18,25H,10-17,19H2,1-2H3. The van der Waals surface area contributed by atoms with Gasteiger partial charge in [0.15, 0.2) is 0 Å². The van der Waals surface area contributed by atoms with Crippen LogP contribution >= 0.6 is 0 Å². The highest BCUT2D eigenvalue weighted by atomic mass is 19.1. The maximum absolute atomic E-state index is 13.9. The van der Waals surface area contributed by atoms with Crippen LogP contribution in [0.5, 0.6) is 5.75 Å². The summed E-state index contributed by atoms with van der Waals surface area (Å²) in [4.78, 5) is 59.1. The van der Waals surface area contributed by atoms with Gasteiger partial charge in [-0.15, -0.1) is 0 Å². The average Bonchev–Trinajstić information content (AvgIpc) is 3.35. The number of rotatable bonds is 4. The van der Waals surface area contributed by atoms with Gasteiger partial charge in [-0.05, 0) is 42.5 Å². The summed E-state index contributed by atoms with van der Waals surface area (Å²) in [6.07, 6.45) is 0.634. The fourth-order valence-electron chi connectivity index (χ4n) is 5.74. The van der Waals surface area contributed by atoms with E-state index in [-0.39, 0.29) is 29.9 Å². The van der Waals surface area contributed by atoms with Crippen LogP contribution in [0.4, 0.5) is 4.39 Å². The number of hydrogen-bond donors (Lipinski definition) is 0. The first-order valence-corrected chi connectivity index (χ1v) is 13.4. The minimum atomic E-state index is -1.09. The lowest BCUT2D eigenvalue weighted by Crippen LogP contribution is -2.61. The van der Waals surface area contributed by atoms with E-state index in [9.17, 15) is 23.6 Å². The number of hydrogen-bond acceptors (Lipinski definition) is 6. The van der Waals surface area contributed by atoms with Crippen LogP contribution in [-0.4, -0.2) is 108 Å². The Morgan fingerprint density at radius 1 is 0.850 bits per heavy atom. The molecule has 3 aliphatic rings. The van der Waals surface area contributed by atoms with Gasteiger partial charge in [0.1, 0.15) is 23.3 Å². The van der Waals surface area contributed by atoms with Crippen LogP contribution in [0.1, 0.15) is 40.5 Å². The van der Waals surface area contributed by atoms with Gasteiger partial charge in [0.2, 0.25) is 11.8 Å². The molecule has 2 aromatic carbocycles. The summed E-state index contributed by atoms with van der Waals surface area (Å²) >= 11 is 0. The van der Waals surface area contributed by atoms with Crippen molar-refractivity contribution in [3.63, 3.8) is 0 Å². The topological polar surface area (TPSA) is 99.7 Å². The lowest BCUT2D eigenvalue weighted by atomic mass is 9.96. The van der Waals surface area contributed by atoms with Crippen molar-refractivity contribution in [3.8, 4) is 5.75 Å². The maximum Gasteiger partial charge on any atom is 0.256 e. The molecule has 40 heavy (non-hydrogen) atoms. The molecule has 5 rings (SSSR count). The molecule has 3 saturated heterocycles. The number of amides is 4. The third-order valence-electron chi connectivity index (χ3n) is 8.04. The molecule has 1 unspecified atom stereocenters. The first-order chi connectivity index (χ1) is 19.2. The lowest BCUT2D eigenvalue weighted by Gasteiger charge is -2.45. The molecule has 0 saturated carbocycles. The van der Waals surface area contributed by atoms with E-state index >= 15 is 0 Å². The molecule has 3 aliphatic heterocycles. The second kappa shape index (κ2) is 11.2. The quantitative estimate of drug-likeness (QED) is 0.576. The Morgan fingerprint density at radius 3 is 2.12 bits per heavy atom. The van der Waals surface area contributed by atoms with E-state index in [0.29, 0.717) is 63.4 Å². The molecule has 0 N–H and O–H groups in total. The highest BCUT2D eigenvalue weighted by molar-refractivity contribution is 5.99. The highest BCUT2D eigenvalue weighted by Crippen LogP contribution is 2.39. The van der Waals surface area contributed by atoms with E-state index in [1.165, 1.54) is 36.1 Å². The zero-order chi connectivity index (χ0) is 28.4. The smallest absolute Gasteiger partial charge is 0.256 e. The number of piperidine rings is 1. The van der Waals surface area contributed by atoms with E-state index in [1.807, 2.05) is 0 Å². The summed E-state index contributed by atoms with van der Waals surface area (Å²) in [5.74, 6) is -0.752. The first-order valence-electron chi connectivity index (χ1n) is 13.4. The highest BCUT2D eigenvalue weighted by Gasteiger charge is 2.55. The second-order valence-corrected chi connectivity index (χ2v) is 10.3. The van der Waals surface area contributed by atoms with Gasteiger partial charge < -0.3 is 24.2 Å². The Hall–Kier alpha value is -3.99. The van der Waals surface area contributed by atoms with Gasteiger partial charge in [0, 0.05) is 70.2 Å². The summed E-state index contributed by atoms with van der Waals surface area (Å²) in [5, 5.41) is 0. The number of likely N-dealkylation sites (tertiary alicyclic amines) is 1. The zero-order valence-corrected chi connectivity index (χ0v) is 22.7. The number of halogens is 1. The number of methoxy groups -OCH3 is 1. The van der Waals surface area contributed by atoms with Crippen molar-refractivity contribution in [1.82, 2.24) is 19.6 Å². The van der Waals surface area contributed by atoms with Crippen molar-refractivity contribution in [1.29, 1.82) is 0 Å². The first kappa shape index (κ1) is 27.6. The van der Waals surface area contributed by atoms with E-state index in [0.717, 1.165) is 0 Å². The monoisotopic (exact) mass is 552 g/mol. The molecule has 2 aromatic rings. The SMILES string of the molecule is COc1cccc(C(=O)N2CCC3(CC2)OCC(C(=O)N2CCN(C(C)=O)CC2)N3C(=O)c2ccc(F)cc2)c1. The van der Waals surface area contributed by atoms with Gasteiger partial charge in [0.25, 0.3) is 11.8 Å². The van der Waals surface area contributed by atoms with Crippen molar-refractivity contribution < 1.29 is 33.0 Å². The molecule has 4 amide bonds. The van der Waals surface area contributed by atoms with Crippen molar-refractivity contribution >= 4 is 23.6 Å². The Bertz CT molecular complexity index is 1290. The lowest BCUT2D eigenvalue weighted by molar-refractivity contribution is -0.142. The zero-order valence-electron chi connectivity index (χ0n) is 22.7. The molecule has 0 aromatic heterocycles. The summed E-state index contributed by atoms with van der Waals surface area (Å²) in [7, 11) is 1.54. The number of benzene rings is 2. The van der Waals surface area contributed by atoms with Crippen LogP contribution in [0, 0.1) is 5.82 Å². The Kier molecular flexibility index (Phi) is 7.75. The van der Waals surface area contributed by atoms with E-state index in [2.05, 4.69) is 0 Å². The summed E-state index contributed by atoms with van der Waals surface area (Å²) in [6.45, 7) is 3.73. The molecule has 3 fully saturated rings. The molecule has 3 heterocycles. The van der Waals surface area contributed by atoms with Crippen LogP contribution in [-0.2, 0) is 14.3 Å². The largest absolute Gasteiger partial charge is 0.497 e. The van der Waals surface area contributed by atoms with Crippen molar-refractivity contribution in [3.05, 3.63) is 65.5 Å². The molecule has 0 bridgehead atoms. The molecule has 1 atom stereocenters. The van der Waals surface area contributed by atoms with Gasteiger partial charge in [-0.25, -0.2) is 4.39 Å². The molecule has 11 heteroatoms. The van der Waals surface area contributed by atoms with Gasteiger partial charge in [0.05, 0.1) is 13.7 Å². The fourth-order valence-corrected chi connectivity index (χ4v) is 5.74. The van der Waals surface area contributed by atoms with Crippen LogP contribution in [0.25, 0.3) is 0 Å². The van der Waals surface area contributed by atoms with E-state index in [4.69, 9.17) is 9.47 Å². The van der Waals surface area contributed by atoms with Crippen molar-refractivity contribution in [2.75, 3.05) is 53.0 Å². The second-order valence-electron chi connectivity index (χ2n) is 10.3. The third-order valence-corrected chi connectivity index (χ3v) is 8.04. The molecule has 10 nitrogen and oxygen atoms in total. The van der Waals surface area contributed by atoms with Crippen molar-refractivity contribution in [2.45, 2.75) is 31.5 Å². The van der Waals surface area contributed by atoms with Crippen LogP contribution in [0.2, 0.25) is 0 Å². The minimum absolute atomic E-state index is 0.0164. The van der Waals surface area contributed by atoms with E-state index in [1.54, 1.807) is 46.1 Å². The van der Waals surface area contributed by atoms with E-state index < -0.39 is 23.5 Å². The van der Waals surface area contributed by atoms with Crippen LogP contribution < -0.4 is 4.74 Å². The van der Waals surface area contributed by atoms with Gasteiger partial charge in [-0.3, -0.25) is 24.1 Å². The summed E-state index contributed by atoms with van der Waals surface area (Å²) in [6, 6.07) is 11.3. The summed E-state index contributed by atoms with van der Waals surface area (Å²) in [5.41, 5.74) is -0.335. The number of ether oxygens (including phenoxy) is 2. The Balaban J connectivity index is 1.37. The molecular weight excluding hydrogens is 519 g/mol. The molecule has 0 aliphatic carbocycles. The van der Waals surface area contributed by atoms with Gasteiger partial charge >= 0.3 is 0 Å². The predicted molar refractivity (Wildman–Crippen MR) is 142 cm³/mol. The summed E-state index contributed by atoms with van der Waals surface area (Å²) < 4.78 is 25.2. The van der Waals surface area contributed by atoms with Crippen LogP contribution in [0.15, 0.2) is 48.5 Å². The average molecular weight is 553 g/mol. The molecular formula is C29H33FN4O6. The Morgan fingerprint density at radius 2 is 1.50 bits per heavy atom. The molecule has 212 valence electrons. The molecule has 1 spiro atoms. The van der Waals surface area contributed by atoms with Gasteiger partial charge in [-0.2, -0.15) is 0 Å².